The van der Waals surface area contributed by atoms with Gasteiger partial charge in [0.15, 0.2) is 6.61 Å². The van der Waals surface area contributed by atoms with Crippen LogP contribution in [0.25, 0.3) is 0 Å². The molecule has 1 N–H and O–H groups in total. The van der Waals surface area contributed by atoms with E-state index in [4.69, 9.17) is 27.9 Å². The van der Waals surface area contributed by atoms with Crippen molar-refractivity contribution in [3.8, 4) is 5.75 Å². The van der Waals surface area contributed by atoms with Crippen LogP contribution >= 0.6 is 23.2 Å². The lowest BCUT2D eigenvalue weighted by Gasteiger charge is -2.31. The van der Waals surface area contributed by atoms with Gasteiger partial charge in [-0.25, -0.2) is 0 Å². The van der Waals surface area contributed by atoms with Crippen molar-refractivity contribution < 1.29 is 14.3 Å². The number of amides is 2. The highest BCUT2D eigenvalue weighted by Crippen LogP contribution is 2.27. The second-order valence-corrected chi connectivity index (χ2v) is 9.06. The predicted molar refractivity (Wildman–Crippen MR) is 141 cm³/mol. The van der Waals surface area contributed by atoms with E-state index < -0.39 is 6.04 Å². The minimum absolute atomic E-state index is 0.184. The van der Waals surface area contributed by atoms with Gasteiger partial charge in [0.1, 0.15) is 11.8 Å². The molecule has 0 radical (unpaired) electrons. The summed E-state index contributed by atoms with van der Waals surface area (Å²) in [5.74, 6) is -0.140. The van der Waals surface area contributed by atoms with Gasteiger partial charge in [-0.15, -0.1) is 0 Å². The summed E-state index contributed by atoms with van der Waals surface area (Å²) in [4.78, 5) is 28.5. The van der Waals surface area contributed by atoms with Gasteiger partial charge >= 0.3 is 0 Å². The summed E-state index contributed by atoms with van der Waals surface area (Å²) in [6, 6.07) is 23.4. The Labute approximate surface area is 217 Å². The second kappa shape index (κ2) is 13.8. The zero-order chi connectivity index (χ0) is 25.0. The Morgan fingerprint density at radius 2 is 1.60 bits per heavy atom. The normalized spacial score (nSPS) is 11.5. The van der Waals surface area contributed by atoms with Gasteiger partial charge in [0.05, 0.1) is 5.02 Å². The zero-order valence-corrected chi connectivity index (χ0v) is 21.3. The number of benzene rings is 3. The van der Waals surface area contributed by atoms with E-state index in [1.807, 2.05) is 60.7 Å². The molecule has 0 aliphatic rings. The highest BCUT2D eigenvalue weighted by Gasteiger charge is 2.30. The van der Waals surface area contributed by atoms with Crippen molar-refractivity contribution in [1.82, 2.24) is 10.2 Å². The standard InChI is InChI=1S/C28H30Cl2N2O3/c1-2-3-16-31-28(34)25(17-21-10-6-4-7-11-21)32(19-22-12-8-5-9-13-22)27(33)20-35-26-15-14-23(29)18-24(26)30/h4-15,18,25H,2-3,16-17,19-20H2,1H3,(H,31,34)/t25-/m1/s1. The van der Waals surface area contributed by atoms with Crippen LogP contribution in [0.1, 0.15) is 30.9 Å². The lowest BCUT2D eigenvalue weighted by atomic mass is 10.0. The Morgan fingerprint density at radius 3 is 2.23 bits per heavy atom. The van der Waals surface area contributed by atoms with Crippen molar-refractivity contribution in [3.05, 3.63) is 100 Å². The topological polar surface area (TPSA) is 58.6 Å². The third-order valence-corrected chi connectivity index (χ3v) is 6.07. The molecule has 0 aliphatic heterocycles. The Hall–Kier alpha value is -3.02. The molecule has 0 saturated carbocycles. The summed E-state index contributed by atoms with van der Waals surface area (Å²) >= 11 is 12.2. The fourth-order valence-corrected chi connectivity index (χ4v) is 4.12. The average molecular weight is 513 g/mol. The van der Waals surface area contributed by atoms with E-state index in [9.17, 15) is 9.59 Å². The molecule has 35 heavy (non-hydrogen) atoms. The first-order valence-corrected chi connectivity index (χ1v) is 12.5. The first-order valence-electron chi connectivity index (χ1n) is 11.7. The zero-order valence-electron chi connectivity index (χ0n) is 19.8. The average Bonchev–Trinajstić information content (AvgIpc) is 2.86. The van der Waals surface area contributed by atoms with Crippen LogP contribution < -0.4 is 10.1 Å². The quantitative estimate of drug-likeness (QED) is 0.306. The molecule has 3 rings (SSSR count). The highest BCUT2D eigenvalue weighted by atomic mass is 35.5. The largest absolute Gasteiger partial charge is 0.482 e. The molecule has 2 amide bonds. The fraction of sp³-hybridized carbons (Fsp3) is 0.286. The van der Waals surface area contributed by atoms with E-state index in [0.29, 0.717) is 28.8 Å². The van der Waals surface area contributed by atoms with Gasteiger partial charge in [0.25, 0.3) is 5.91 Å². The summed E-state index contributed by atoms with van der Waals surface area (Å²) in [5, 5.41) is 3.80. The van der Waals surface area contributed by atoms with E-state index in [1.165, 1.54) is 0 Å². The summed E-state index contributed by atoms with van der Waals surface area (Å²) in [6.07, 6.45) is 2.22. The molecule has 0 bridgehead atoms. The summed E-state index contributed by atoms with van der Waals surface area (Å²) in [6.45, 7) is 2.64. The highest BCUT2D eigenvalue weighted by molar-refractivity contribution is 6.35. The van der Waals surface area contributed by atoms with Crippen LogP contribution in [-0.4, -0.2) is 35.9 Å². The monoisotopic (exact) mass is 512 g/mol. The summed E-state index contributed by atoms with van der Waals surface area (Å²) < 4.78 is 5.74. The molecule has 0 aliphatic carbocycles. The minimum Gasteiger partial charge on any atom is -0.482 e. The number of ether oxygens (including phenoxy) is 1. The number of unbranched alkanes of at least 4 members (excludes halogenated alkanes) is 1. The van der Waals surface area contributed by atoms with Gasteiger partial charge in [-0.2, -0.15) is 0 Å². The van der Waals surface area contributed by atoms with Crippen LogP contribution in [0.3, 0.4) is 0 Å². The van der Waals surface area contributed by atoms with Crippen LogP contribution in [0, 0.1) is 0 Å². The molecule has 0 aromatic heterocycles. The van der Waals surface area contributed by atoms with Crippen molar-refractivity contribution >= 4 is 35.0 Å². The maximum atomic E-state index is 13.5. The lowest BCUT2D eigenvalue weighted by molar-refractivity contribution is -0.142. The maximum Gasteiger partial charge on any atom is 0.261 e. The number of nitrogens with zero attached hydrogens (tertiary/aromatic N) is 1. The van der Waals surface area contributed by atoms with E-state index in [1.54, 1.807) is 23.1 Å². The lowest BCUT2D eigenvalue weighted by Crippen LogP contribution is -2.51. The first kappa shape index (κ1) is 26.6. The van der Waals surface area contributed by atoms with Crippen molar-refractivity contribution in [2.75, 3.05) is 13.2 Å². The molecule has 0 spiro atoms. The third-order valence-electron chi connectivity index (χ3n) is 5.54. The molecule has 0 unspecified atom stereocenters. The van der Waals surface area contributed by atoms with Gasteiger partial charge in [-0.3, -0.25) is 9.59 Å². The number of halogens is 2. The minimum atomic E-state index is -0.703. The molecule has 0 saturated heterocycles. The fourth-order valence-electron chi connectivity index (χ4n) is 3.65. The van der Waals surface area contributed by atoms with E-state index in [0.717, 1.165) is 24.0 Å². The van der Waals surface area contributed by atoms with Crippen molar-refractivity contribution in [1.29, 1.82) is 0 Å². The maximum absolute atomic E-state index is 13.5. The summed E-state index contributed by atoms with van der Waals surface area (Å²) in [7, 11) is 0. The van der Waals surface area contributed by atoms with E-state index in [2.05, 4.69) is 12.2 Å². The Kier molecular flexibility index (Phi) is 10.5. The number of hydrogen-bond acceptors (Lipinski definition) is 3. The Morgan fingerprint density at radius 1 is 0.943 bits per heavy atom. The molecule has 5 nitrogen and oxygen atoms in total. The van der Waals surface area contributed by atoms with Crippen LogP contribution in [0.15, 0.2) is 78.9 Å². The van der Waals surface area contributed by atoms with Gasteiger partial charge in [-0.1, -0.05) is 97.2 Å². The number of hydrogen-bond donors (Lipinski definition) is 1. The van der Waals surface area contributed by atoms with Gasteiger partial charge in [-0.05, 0) is 35.7 Å². The van der Waals surface area contributed by atoms with Crippen LogP contribution in [-0.2, 0) is 22.6 Å². The van der Waals surface area contributed by atoms with Gasteiger partial charge < -0.3 is 15.0 Å². The van der Waals surface area contributed by atoms with Crippen molar-refractivity contribution in [3.63, 3.8) is 0 Å². The number of rotatable bonds is 12. The third kappa shape index (κ3) is 8.30. The van der Waals surface area contributed by atoms with Crippen LogP contribution in [0.5, 0.6) is 5.75 Å². The Bertz CT molecular complexity index is 1090. The molecule has 3 aromatic rings. The van der Waals surface area contributed by atoms with Crippen molar-refractivity contribution in [2.45, 2.75) is 38.8 Å². The molecule has 0 heterocycles. The molecular weight excluding hydrogens is 483 g/mol. The molecule has 184 valence electrons. The first-order chi connectivity index (χ1) is 17.0. The van der Waals surface area contributed by atoms with Crippen molar-refractivity contribution in [2.24, 2.45) is 0 Å². The number of carbonyl (C=O) groups is 2. The number of carbonyl (C=O) groups excluding carboxylic acids is 2. The van der Waals surface area contributed by atoms with Gasteiger partial charge in [0, 0.05) is 24.5 Å². The van der Waals surface area contributed by atoms with Crippen LogP contribution in [0.2, 0.25) is 10.0 Å². The SMILES string of the molecule is CCCCNC(=O)[C@@H](Cc1ccccc1)N(Cc1ccccc1)C(=O)COc1ccc(Cl)cc1Cl. The van der Waals surface area contributed by atoms with E-state index >= 15 is 0 Å². The molecule has 0 fully saturated rings. The Balaban J connectivity index is 1.87. The number of nitrogens with one attached hydrogen (secondary N) is 1. The predicted octanol–water partition coefficient (Wildman–Crippen LogP) is 5.93. The smallest absolute Gasteiger partial charge is 0.261 e. The van der Waals surface area contributed by atoms with Crippen LogP contribution in [0.4, 0.5) is 0 Å². The molecule has 7 heteroatoms. The molecular formula is C28H30Cl2N2O3. The van der Waals surface area contributed by atoms with E-state index in [-0.39, 0.29) is 25.0 Å². The van der Waals surface area contributed by atoms with Gasteiger partial charge in [0.2, 0.25) is 5.91 Å². The molecule has 3 aromatic carbocycles. The summed E-state index contributed by atoms with van der Waals surface area (Å²) in [5.41, 5.74) is 1.89. The second-order valence-electron chi connectivity index (χ2n) is 8.22. The molecule has 1 atom stereocenters.